The predicted molar refractivity (Wildman–Crippen MR) is 120 cm³/mol. The molecule has 1 aliphatic heterocycles. The van der Waals surface area contributed by atoms with Gasteiger partial charge in [-0.2, -0.15) is 5.26 Å². The molecule has 1 aromatic heterocycles. The molecule has 2 heterocycles. The molecule has 0 radical (unpaired) electrons. The molecule has 1 aliphatic rings. The van der Waals surface area contributed by atoms with Crippen molar-refractivity contribution in [3.8, 4) is 40.3 Å². The van der Waals surface area contributed by atoms with Crippen molar-refractivity contribution < 1.29 is 23.7 Å². The number of benzene rings is 2. The number of thiazole rings is 1. The SMILES string of the molecule is COc1cc(NC=C(C#N)c2nc(-c3ccc4c(c3)OCO4)cs2)c(C(C)=O)cc1OC. The lowest BCUT2D eigenvalue weighted by atomic mass is 10.1. The zero-order chi connectivity index (χ0) is 22.7. The van der Waals surface area contributed by atoms with Gasteiger partial charge in [0.1, 0.15) is 16.6 Å². The van der Waals surface area contributed by atoms with E-state index in [0.717, 1.165) is 11.3 Å². The third-order valence-corrected chi connectivity index (χ3v) is 5.67. The van der Waals surface area contributed by atoms with Crippen LogP contribution < -0.4 is 24.3 Å². The van der Waals surface area contributed by atoms with Crippen LogP contribution in [0.5, 0.6) is 23.0 Å². The molecule has 9 heteroatoms. The van der Waals surface area contributed by atoms with Crippen molar-refractivity contribution in [3.63, 3.8) is 0 Å². The lowest BCUT2D eigenvalue weighted by molar-refractivity contribution is 0.101. The Morgan fingerprint density at radius 1 is 1.19 bits per heavy atom. The molecule has 0 unspecified atom stereocenters. The van der Waals surface area contributed by atoms with Gasteiger partial charge in [0, 0.05) is 28.8 Å². The molecule has 1 N–H and O–H groups in total. The van der Waals surface area contributed by atoms with Gasteiger partial charge < -0.3 is 24.3 Å². The number of anilines is 1. The fourth-order valence-electron chi connectivity index (χ4n) is 3.17. The molecule has 4 rings (SSSR count). The van der Waals surface area contributed by atoms with Crippen LogP contribution in [0.2, 0.25) is 0 Å². The number of allylic oxidation sites excluding steroid dienone is 1. The largest absolute Gasteiger partial charge is 0.493 e. The summed E-state index contributed by atoms with van der Waals surface area (Å²) < 4.78 is 21.4. The van der Waals surface area contributed by atoms with Crippen LogP contribution in [0.3, 0.4) is 0 Å². The topological polar surface area (TPSA) is 103 Å². The highest BCUT2D eigenvalue weighted by Gasteiger charge is 2.17. The Morgan fingerprint density at radius 3 is 2.66 bits per heavy atom. The number of nitrogens with one attached hydrogen (secondary N) is 1. The quantitative estimate of drug-likeness (QED) is 0.408. The van der Waals surface area contributed by atoms with Crippen molar-refractivity contribution in [3.05, 3.63) is 52.5 Å². The summed E-state index contributed by atoms with van der Waals surface area (Å²) in [6, 6.07) is 11.0. The number of nitrogens with zero attached hydrogens (tertiary/aromatic N) is 2. The molecule has 0 amide bonds. The second kappa shape index (κ2) is 8.99. The number of fused-ring (bicyclic) bond motifs is 1. The number of carbonyl (C=O) groups is 1. The van der Waals surface area contributed by atoms with Crippen molar-refractivity contribution in [2.75, 3.05) is 26.3 Å². The summed E-state index contributed by atoms with van der Waals surface area (Å²) in [6.07, 6.45) is 1.52. The molecule has 0 saturated carbocycles. The summed E-state index contributed by atoms with van der Waals surface area (Å²) in [4.78, 5) is 16.7. The molecular weight excluding hydrogens is 430 g/mol. The average Bonchev–Trinajstić information content (AvgIpc) is 3.48. The normalized spacial score (nSPS) is 12.2. The van der Waals surface area contributed by atoms with Crippen LogP contribution in [0.1, 0.15) is 22.3 Å². The summed E-state index contributed by atoms with van der Waals surface area (Å²) >= 11 is 1.34. The Bertz CT molecular complexity index is 1260. The summed E-state index contributed by atoms with van der Waals surface area (Å²) in [5.41, 5.74) is 2.82. The Labute approximate surface area is 188 Å². The molecule has 0 aliphatic carbocycles. The minimum atomic E-state index is -0.153. The summed E-state index contributed by atoms with van der Waals surface area (Å²) in [7, 11) is 3.02. The van der Waals surface area contributed by atoms with Gasteiger partial charge in [0.05, 0.1) is 25.6 Å². The molecule has 0 bridgehead atoms. The first kappa shape index (κ1) is 21.2. The van der Waals surface area contributed by atoms with Gasteiger partial charge in [-0.15, -0.1) is 11.3 Å². The van der Waals surface area contributed by atoms with Crippen LogP contribution in [0.25, 0.3) is 16.8 Å². The average molecular weight is 449 g/mol. The smallest absolute Gasteiger partial charge is 0.231 e. The molecule has 0 spiro atoms. The van der Waals surface area contributed by atoms with Gasteiger partial charge >= 0.3 is 0 Å². The number of nitriles is 1. The predicted octanol–water partition coefficient (Wildman–Crippen LogP) is 4.74. The van der Waals surface area contributed by atoms with Crippen LogP contribution in [0, 0.1) is 11.3 Å². The first-order valence-electron chi connectivity index (χ1n) is 9.53. The van der Waals surface area contributed by atoms with E-state index in [2.05, 4.69) is 16.4 Å². The van der Waals surface area contributed by atoms with Crippen LogP contribution >= 0.6 is 11.3 Å². The standard InChI is InChI=1S/C23H19N3O5S/c1-13(27)16-7-20(28-2)21(29-3)8-17(16)25-10-15(9-24)23-26-18(11-32-23)14-4-5-19-22(6-14)31-12-30-19/h4-8,10-11,25H,12H2,1-3H3. The number of ketones is 1. The monoisotopic (exact) mass is 449 g/mol. The van der Waals surface area contributed by atoms with Crippen molar-refractivity contribution in [2.24, 2.45) is 0 Å². The zero-order valence-corrected chi connectivity index (χ0v) is 18.4. The molecule has 162 valence electrons. The maximum Gasteiger partial charge on any atom is 0.231 e. The second-order valence-electron chi connectivity index (χ2n) is 6.73. The number of hydrogen-bond acceptors (Lipinski definition) is 9. The number of aromatic nitrogens is 1. The lowest BCUT2D eigenvalue weighted by Gasteiger charge is -2.13. The highest BCUT2D eigenvalue weighted by atomic mass is 32.1. The van der Waals surface area contributed by atoms with E-state index in [1.807, 2.05) is 23.6 Å². The van der Waals surface area contributed by atoms with Crippen LogP contribution in [-0.2, 0) is 0 Å². The summed E-state index contributed by atoms with van der Waals surface area (Å²) in [5.74, 6) is 2.12. The van der Waals surface area contributed by atoms with Gasteiger partial charge in [0.2, 0.25) is 6.79 Å². The van der Waals surface area contributed by atoms with E-state index in [4.69, 9.17) is 18.9 Å². The maximum atomic E-state index is 12.1. The van der Waals surface area contributed by atoms with Gasteiger partial charge in [-0.1, -0.05) is 0 Å². The van der Waals surface area contributed by atoms with Gasteiger partial charge in [-0.05, 0) is 31.2 Å². The number of carbonyl (C=O) groups excluding carboxylic acids is 1. The number of ether oxygens (including phenoxy) is 4. The number of hydrogen-bond donors (Lipinski definition) is 1. The minimum absolute atomic E-state index is 0.153. The molecule has 3 aromatic rings. The van der Waals surface area contributed by atoms with E-state index < -0.39 is 0 Å². The van der Waals surface area contributed by atoms with Crippen LogP contribution in [0.4, 0.5) is 5.69 Å². The van der Waals surface area contributed by atoms with E-state index in [-0.39, 0.29) is 12.6 Å². The maximum absolute atomic E-state index is 12.1. The Morgan fingerprint density at radius 2 is 1.94 bits per heavy atom. The van der Waals surface area contributed by atoms with Gasteiger partial charge in [-0.25, -0.2) is 4.98 Å². The van der Waals surface area contributed by atoms with Gasteiger partial charge in [0.15, 0.2) is 28.8 Å². The van der Waals surface area contributed by atoms with Gasteiger partial charge in [0.25, 0.3) is 0 Å². The molecule has 0 fully saturated rings. The van der Waals surface area contributed by atoms with E-state index in [1.165, 1.54) is 38.7 Å². The Hall–Kier alpha value is -4.03. The fourth-order valence-corrected chi connectivity index (χ4v) is 3.96. The van der Waals surface area contributed by atoms with Crippen molar-refractivity contribution in [2.45, 2.75) is 6.92 Å². The van der Waals surface area contributed by atoms with Crippen molar-refractivity contribution in [1.29, 1.82) is 5.26 Å². The summed E-state index contributed by atoms with van der Waals surface area (Å²) in [5, 5.41) is 15.1. The van der Waals surface area contributed by atoms with Gasteiger partial charge in [-0.3, -0.25) is 4.79 Å². The molecule has 2 aromatic carbocycles. The van der Waals surface area contributed by atoms with Crippen molar-refractivity contribution >= 4 is 28.4 Å². The van der Waals surface area contributed by atoms with Crippen molar-refractivity contribution in [1.82, 2.24) is 4.98 Å². The highest BCUT2D eigenvalue weighted by Crippen LogP contribution is 2.37. The number of methoxy groups -OCH3 is 2. The third-order valence-electron chi connectivity index (χ3n) is 4.80. The van der Waals surface area contributed by atoms with E-state index in [1.54, 1.807) is 12.1 Å². The zero-order valence-electron chi connectivity index (χ0n) is 17.6. The van der Waals surface area contributed by atoms with Crippen LogP contribution in [0.15, 0.2) is 41.9 Å². The van der Waals surface area contributed by atoms with Crippen LogP contribution in [-0.4, -0.2) is 31.8 Å². The first-order chi connectivity index (χ1) is 15.5. The Kier molecular flexibility index (Phi) is 5.96. The second-order valence-corrected chi connectivity index (χ2v) is 7.59. The molecule has 32 heavy (non-hydrogen) atoms. The van der Waals surface area contributed by atoms with E-state index in [0.29, 0.717) is 44.8 Å². The Balaban J connectivity index is 1.62. The van der Waals surface area contributed by atoms with E-state index >= 15 is 0 Å². The first-order valence-corrected chi connectivity index (χ1v) is 10.4. The molecule has 0 atom stereocenters. The fraction of sp³-hybridized carbons (Fsp3) is 0.174. The lowest BCUT2D eigenvalue weighted by Crippen LogP contribution is -2.03. The number of Topliss-reactive ketones (excluding diaryl/α,β-unsaturated/α-hetero) is 1. The third kappa shape index (κ3) is 4.08. The number of rotatable bonds is 7. The summed E-state index contributed by atoms with van der Waals surface area (Å²) in [6.45, 7) is 1.66. The highest BCUT2D eigenvalue weighted by molar-refractivity contribution is 7.11. The molecule has 8 nitrogen and oxygen atoms in total. The minimum Gasteiger partial charge on any atom is -0.493 e. The molecular formula is C23H19N3O5S. The van der Waals surface area contributed by atoms with E-state index in [9.17, 15) is 10.1 Å². The molecule has 0 saturated heterocycles.